The Hall–Kier alpha value is -2.31. The molecule has 6 heteroatoms. The van der Waals surface area contributed by atoms with E-state index in [9.17, 15) is 9.18 Å². The van der Waals surface area contributed by atoms with E-state index in [0.717, 1.165) is 17.7 Å². The Morgan fingerprint density at radius 2 is 2.00 bits per heavy atom. The number of pyridine rings is 1. The number of ether oxygens (including phenoxy) is 2. The van der Waals surface area contributed by atoms with Crippen LogP contribution in [0.2, 0.25) is 0 Å². The largest absolute Gasteiger partial charge is 0.378 e. The van der Waals surface area contributed by atoms with E-state index < -0.39 is 5.41 Å². The van der Waals surface area contributed by atoms with Crippen LogP contribution in [-0.2, 0) is 26.2 Å². The minimum absolute atomic E-state index is 0.0362. The van der Waals surface area contributed by atoms with Crippen LogP contribution in [0.4, 0.5) is 4.39 Å². The lowest BCUT2D eigenvalue weighted by molar-refractivity contribution is -0.130. The molecule has 0 radical (unpaired) electrons. The maximum Gasteiger partial charge on any atom is 0.221 e. The lowest BCUT2D eigenvalue weighted by Gasteiger charge is -2.45. The Labute approximate surface area is 164 Å². The van der Waals surface area contributed by atoms with Crippen molar-refractivity contribution in [1.82, 2.24) is 10.3 Å². The van der Waals surface area contributed by atoms with Gasteiger partial charge in [0.1, 0.15) is 5.82 Å². The molecule has 2 fully saturated rings. The molecular formula is C22H25FN2O3. The van der Waals surface area contributed by atoms with Crippen molar-refractivity contribution in [2.45, 2.75) is 43.2 Å². The average molecular weight is 384 g/mol. The number of rotatable bonds is 5. The van der Waals surface area contributed by atoms with Crippen LogP contribution in [0.1, 0.15) is 36.9 Å². The number of hydrogen-bond acceptors (Lipinski definition) is 4. The number of amides is 1. The molecule has 2 aliphatic rings. The third-order valence-electron chi connectivity index (χ3n) is 5.82. The predicted molar refractivity (Wildman–Crippen MR) is 102 cm³/mol. The lowest BCUT2D eigenvalue weighted by atomic mass is 9.68. The monoisotopic (exact) mass is 384 g/mol. The van der Waals surface area contributed by atoms with Crippen molar-refractivity contribution in [2.24, 2.45) is 0 Å². The fourth-order valence-corrected chi connectivity index (χ4v) is 4.38. The molecule has 3 heterocycles. The van der Waals surface area contributed by atoms with Gasteiger partial charge in [-0.1, -0.05) is 30.3 Å². The van der Waals surface area contributed by atoms with Gasteiger partial charge in [-0.25, -0.2) is 4.39 Å². The van der Waals surface area contributed by atoms with E-state index in [1.807, 2.05) is 30.3 Å². The van der Waals surface area contributed by atoms with Gasteiger partial charge in [0, 0.05) is 43.7 Å². The molecule has 2 aromatic rings. The quantitative estimate of drug-likeness (QED) is 0.860. The first-order valence-electron chi connectivity index (χ1n) is 9.74. The van der Waals surface area contributed by atoms with E-state index in [1.165, 1.54) is 12.3 Å². The van der Waals surface area contributed by atoms with Crippen LogP contribution in [0.25, 0.3) is 0 Å². The van der Waals surface area contributed by atoms with Gasteiger partial charge >= 0.3 is 0 Å². The minimum atomic E-state index is -0.486. The lowest BCUT2D eigenvalue weighted by Crippen LogP contribution is -2.50. The summed E-state index contributed by atoms with van der Waals surface area (Å²) in [5.41, 5.74) is 0.935. The second-order valence-electron chi connectivity index (χ2n) is 7.84. The molecule has 4 rings (SSSR count). The summed E-state index contributed by atoms with van der Waals surface area (Å²) < 4.78 is 25.1. The summed E-state index contributed by atoms with van der Waals surface area (Å²) in [6.45, 7) is 2.21. The fraction of sp³-hybridized carbons (Fsp3) is 0.455. The highest BCUT2D eigenvalue weighted by atomic mass is 19.1. The Kier molecular flexibility index (Phi) is 5.42. The zero-order valence-electron chi connectivity index (χ0n) is 15.8. The second-order valence-corrected chi connectivity index (χ2v) is 7.84. The molecule has 2 aliphatic heterocycles. The van der Waals surface area contributed by atoms with Crippen LogP contribution in [0.5, 0.6) is 0 Å². The van der Waals surface area contributed by atoms with Crippen molar-refractivity contribution in [3.05, 3.63) is 65.7 Å². The van der Waals surface area contributed by atoms with Gasteiger partial charge < -0.3 is 14.8 Å². The smallest absolute Gasteiger partial charge is 0.221 e. The minimum Gasteiger partial charge on any atom is -0.378 e. The molecule has 0 saturated carbocycles. The number of nitrogens with one attached hydrogen (secondary N) is 1. The number of nitrogens with zero attached hydrogens (tertiary/aromatic N) is 1. The molecule has 28 heavy (non-hydrogen) atoms. The molecule has 0 unspecified atom stereocenters. The van der Waals surface area contributed by atoms with E-state index in [-0.39, 0.29) is 17.3 Å². The van der Waals surface area contributed by atoms with Gasteiger partial charge in [-0.15, -0.1) is 0 Å². The molecule has 1 amide bonds. The van der Waals surface area contributed by atoms with Crippen LogP contribution in [0, 0.1) is 5.82 Å². The molecule has 1 spiro atoms. The predicted octanol–water partition coefficient (Wildman–Crippen LogP) is 3.13. The van der Waals surface area contributed by atoms with Gasteiger partial charge in [-0.2, -0.15) is 0 Å². The normalized spacial score (nSPS) is 27.0. The highest BCUT2D eigenvalue weighted by molar-refractivity contribution is 5.77. The van der Waals surface area contributed by atoms with Gasteiger partial charge in [-0.3, -0.25) is 9.78 Å². The topological polar surface area (TPSA) is 60.5 Å². The summed E-state index contributed by atoms with van der Waals surface area (Å²) in [6, 6.07) is 12.9. The Morgan fingerprint density at radius 3 is 2.71 bits per heavy atom. The van der Waals surface area contributed by atoms with Crippen molar-refractivity contribution in [1.29, 1.82) is 0 Å². The van der Waals surface area contributed by atoms with Crippen molar-refractivity contribution in [3.8, 4) is 0 Å². The number of halogens is 1. The number of carbonyl (C=O) groups is 1. The van der Waals surface area contributed by atoms with E-state index in [1.54, 1.807) is 6.07 Å². The third kappa shape index (κ3) is 4.08. The molecule has 2 saturated heterocycles. The van der Waals surface area contributed by atoms with Crippen molar-refractivity contribution in [3.63, 3.8) is 0 Å². The summed E-state index contributed by atoms with van der Waals surface area (Å²) in [6.07, 6.45) is 3.65. The number of carbonyl (C=O) groups excluding carboxylic acids is 1. The number of aromatic nitrogens is 1. The first-order valence-corrected chi connectivity index (χ1v) is 9.74. The van der Waals surface area contributed by atoms with Crippen LogP contribution in [0.3, 0.4) is 0 Å². The van der Waals surface area contributed by atoms with Gasteiger partial charge in [0.15, 0.2) is 0 Å². The van der Waals surface area contributed by atoms with Gasteiger partial charge in [0.25, 0.3) is 0 Å². The molecule has 1 N–H and O–H groups in total. The average Bonchev–Trinajstić information content (AvgIpc) is 3.15. The maximum atomic E-state index is 13.5. The van der Waals surface area contributed by atoms with Gasteiger partial charge in [-0.05, 0) is 30.5 Å². The van der Waals surface area contributed by atoms with Crippen LogP contribution < -0.4 is 5.32 Å². The first-order chi connectivity index (χ1) is 13.6. The number of benzene rings is 1. The molecule has 5 nitrogen and oxygen atoms in total. The molecule has 148 valence electrons. The second kappa shape index (κ2) is 7.97. The molecule has 1 aromatic heterocycles. The number of hydrogen-bond donors (Lipinski definition) is 1. The van der Waals surface area contributed by atoms with E-state index in [0.29, 0.717) is 45.6 Å². The zero-order valence-corrected chi connectivity index (χ0v) is 15.8. The maximum absolute atomic E-state index is 13.5. The molecule has 0 aliphatic carbocycles. The van der Waals surface area contributed by atoms with E-state index in [4.69, 9.17) is 9.47 Å². The summed E-state index contributed by atoms with van der Waals surface area (Å²) in [5, 5.41) is 3.02. The highest BCUT2D eigenvalue weighted by Gasteiger charge is 2.50. The Morgan fingerprint density at radius 1 is 1.14 bits per heavy atom. The summed E-state index contributed by atoms with van der Waals surface area (Å²) in [7, 11) is 0. The Balaban J connectivity index is 1.54. The molecule has 1 aromatic carbocycles. The van der Waals surface area contributed by atoms with Gasteiger partial charge in [0.05, 0.1) is 18.4 Å². The zero-order chi connectivity index (χ0) is 19.5. The van der Waals surface area contributed by atoms with Crippen LogP contribution in [0.15, 0.2) is 48.7 Å². The Bertz CT molecular complexity index is 806. The SMILES string of the molecule is O=C(C[C@@]1(c2ccc(F)cn2)CCO[C@]2(CCOC2)C1)NCc1ccccc1. The third-order valence-corrected chi connectivity index (χ3v) is 5.82. The fourth-order valence-electron chi connectivity index (χ4n) is 4.38. The van der Waals surface area contributed by atoms with Crippen molar-refractivity contribution in [2.75, 3.05) is 19.8 Å². The van der Waals surface area contributed by atoms with Crippen molar-refractivity contribution >= 4 is 5.91 Å². The molecular weight excluding hydrogens is 359 g/mol. The standard InChI is InChI=1S/C22H25FN2O3/c23-18-6-7-19(24-14-18)21(8-11-28-22(15-21)9-10-27-16-22)12-20(26)25-13-17-4-2-1-3-5-17/h1-7,14H,8-13,15-16H2,(H,25,26)/t21-,22+/m0/s1. The first kappa shape index (κ1) is 19.0. The molecule has 0 bridgehead atoms. The van der Waals surface area contributed by atoms with E-state index in [2.05, 4.69) is 10.3 Å². The highest BCUT2D eigenvalue weighted by Crippen LogP contribution is 2.46. The van der Waals surface area contributed by atoms with Gasteiger partial charge in [0.2, 0.25) is 5.91 Å². The summed E-state index contributed by atoms with van der Waals surface area (Å²) in [5.74, 6) is -0.413. The molecule has 2 atom stereocenters. The van der Waals surface area contributed by atoms with Crippen LogP contribution >= 0.6 is 0 Å². The van der Waals surface area contributed by atoms with Crippen LogP contribution in [-0.4, -0.2) is 36.3 Å². The summed E-state index contributed by atoms with van der Waals surface area (Å²) in [4.78, 5) is 17.2. The summed E-state index contributed by atoms with van der Waals surface area (Å²) >= 11 is 0. The van der Waals surface area contributed by atoms with E-state index >= 15 is 0 Å². The van der Waals surface area contributed by atoms with Crippen molar-refractivity contribution < 1.29 is 18.7 Å².